The molecule has 1 aliphatic heterocycles. The number of nitrogens with one attached hydrogen (secondary N) is 1. The first-order valence-corrected chi connectivity index (χ1v) is 10.1. The van der Waals surface area contributed by atoms with E-state index in [1.807, 2.05) is 24.0 Å². The van der Waals surface area contributed by atoms with Crippen LogP contribution in [0.4, 0.5) is 15.8 Å². The summed E-state index contributed by atoms with van der Waals surface area (Å²) in [6, 6.07) is 8.69. The molecule has 3 aromatic rings. The van der Waals surface area contributed by atoms with E-state index in [2.05, 4.69) is 15.3 Å². The molecule has 0 saturated carbocycles. The van der Waals surface area contributed by atoms with Gasteiger partial charge in [0.05, 0.1) is 11.3 Å². The fourth-order valence-electron chi connectivity index (χ4n) is 3.78. The van der Waals surface area contributed by atoms with Crippen molar-refractivity contribution in [3.63, 3.8) is 0 Å². The van der Waals surface area contributed by atoms with E-state index >= 15 is 0 Å². The van der Waals surface area contributed by atoms with Crippen molar-refractivity contribution in [3.8, 4) is 0 Å². The highest BCUT2D eigenvalue weighted by Gasteiger charge is 2.23. The first-order valence-electron chi connectivity index (χ1n) is 10.1. The Labute approximate surface area is 182 Å². The molecule has 30 heavy (non-hydrogen) atoms. The molecule has 5 nitrogen and oxygen atoms in total. The molecule has 0 atom stereocenters. The van der Waals surface area contributed by atoms with Crippen molar-refractivity contribution in [1.82, 2.24) is 14.9 Å². The maximum absolute atomic E-state index is 13.7. The number of fused-ring (bicyclic) bond motifs is 1. The van der Waals surface area contributed by atoms with Crippen molar-refractivity contribution < 1.29 is 9.18 Å². The topological polar surface area (TPSA) is 58.1 Å². The number of carbonyl (C=O) groups excluding carboxylic acids is 1. The number of carbonyl (C=O) groups is 1. The van der Waals surface area contributed by atoms with Gasteiger partial charge in [-0.3, -0.25) is 4.79 Å². The van der Waals surface area contributed by atoms with E-state index < -0.39 is 0 Å². The van der Waals surface area contributed by atoms with Crippen molar-refractivity contribution in [3.05, 3.63) is 59.2 Å². The summed E-state index contributed by atoms with van der Waals surface area (Å²) in [7, 11) is 0. The summed E-state index contributed by atoms with van der Waals surface area (Å²) in [6.45, 7) is 5.16. The summed E-state index contributed by atoms with van der Waals surface area (Å²) >= 11 is 0. The van der Waals surface area contributed by atoms with Gasteiger partial charge in [-0.05, 0) is 62.6 Å². The predicted octanol–water partition coefficient (Wildman–Crippen LogP) is 5.57. The van der Waals surface area contributed by atoms with Crippen LogP contribution in [-0.4, -0.2) is 33.9 Å². The monoisotopic (exact) mass is 428 g/mol. The molecule has 1 aromatic carbocycles. The maximum atomic E-state index is 13.7. The second-order valence-electron chi connectivity index (χ2n) is 7.67. The average molecular weight is 429 g/mol. The highest BCUT2D eigenvalue weighted by atomic mass is 35.5. The minimum atomic E-state index is -0.256. The van der Waals surface area contributed by atoms with Gasteiger partial charge in [0.2, 0.25) is 0 Å². The lowest BCUT2D eigenvalue weighted by Crippen LogP contribution is -2.32. The van der Waals surface area contributed by atoms with Crippen LogP contribution >= 0.6 is 12.4 Å². The van der Waals surface area contributed by atoms with Crippen LogP contribution in [0.15, 0.2) is 36.5 Å². The zero-order valence-electron chi connectivity index (χ0n) is 17.2. The molecule has 4 rings (SSSR count). The molecule has 7 heteroatoms. The number of anilines is 2. The molecule has 0 bridgehead atoms. The third-order valence-electron chi connectivity index (χ3n) is 5.42. The Morgan fingerprint density at radius 2 is 1.80 bits per heavy atom. The first-order chi connectivity index (χ1) is 14.0. The largest absolute Gasteiger partial charge is 0.354 e. The molecule has 1 aliphatic rings. The minimum absolute atomic E-state index is 0. The number of nitrogens with zero attached hydrogens (tertiary/aromatic N) is 3. The van der Waals surface area contributed by atoms with Gasteiger partial charge in [0.15, 0.2) is 5.65 Å². The van der Waals surface area contributed by atoms with Gasteiger partial charge in [0.1, 0.15) is 5.82 Å². The summed E-state index contributed by atoms with van der Waals surface area (Å²) in [6.07, 6.45) is 5.97. The van der Waals surface area contributed by atoms with Gasteiger partial charge in [0, 0.05) is 36.1 Å². The number of halogens is 2. The van der Waals surface area contributed by atoms with E-state index in [0.717, 1.165) is 55.5 Å². The lowest BCUT2D eigenvalue weighted by atomic mass is 10.1. The molecular weight excluding hydrogens is 403 g/mol. The second kappa shape index (κ2) is 9.39. The van der Waals surface area contributed by atoms with Crippen LogP contribution in [0.2, 0.25) is 0 Å². The lowest BCUT2D eigenvalue weighted by molar-refractivity contribution is 0.0762. The van der Waals surface area contributed by atoms with E-state index in [4.69, 9.17) is 0 Å². The molecule has 1 fully saturated rings. The summed E-state index contributed by atoms with van der Waals surface area (Å²) in [4.78, 5) is 24.2. The van der Waals surface area contributed by atoms with Gasteiger partial charge < -0.3 is 10.2 Å². The molecule has 0 radical (unpaired) electrons. The highest BCUT2D eigenvalue weighted by Crippen LogP contribution is 2.30. The first kappa shape index (κ1) is 22.0. The maximum Gasteiger partial charge on any atom is 0.257 e. The number of aromatic nitrogens is 2. The fourth-order valence-corrected chi connectivity index (χ4v) is 3.78. The normalized spacial score (nSPS) is 14.2. The Kier molecular flexibility index (Phi) is 6.87. The van der Waals surface area contributed by atoms with Crippen LogP contribution in [0.5, 0.6) is 0 Å². The molecule has 0 spiro atoms. The fraction of sp³-hybridized carbons (Fsp3) is 0.348. The second-order valence-corrected chi connectivity index (χ2v) is 7.67. The number of hydrogen-bond acceptors (Lipinski definition) is 4. The van der Waals surface area contributed by atoms with Gasteiger partial charge in [-0.15, -0.1) is 12.4 Å². The number of aryl methyl sites for hydroxylation is 2. The van der Waals surface area contributed by atoms with Crippen LogP contribution in [0.25, 0.3) is 11.0 Å². The minimum Gasteiger partial charge on any atom is -0.354 e. The Hall–Kier alpha value is -2.73. The SMILES string of the molecule is Cc1ccc2c(Nc3ccc(F)c(C)c3)c(C(=O)N3CCCCCC3)cnc2n1.Cl. The zero-order valence-corrected chi connectivity index (χ0v) is 18.1. The Balaban J connectivity index is 0.00000256. The van der Waals surface area contributed by atoms with E-state index in [-0.39, 0.29) is 24.1 Å². The van der Waals surface area contributed by atoms with E-state index in [9.17, 15) is 9.18 Å². The average Bonchev–Trinajstić information content (AvgIpc) is 3.00. The third kappa shape index (κ3) is 4.54. The van der Waals surface area contributed by atoms with E-state index in [1.165, 1.54) is 6.07 Å². The van der Waals surface area contributed by atoms with Crippen molar-refractivity contribution in [1.29, 1.82) is 0 Å². The van der Waals surface area contributed by atoms with Gasteiger partial charge in [-0.25, -0.2) is 14.4 Å². The Morgan fingerprint density at radius 1 is 1.07 bits per heavy atom. The third-order valence-corrected chi connectivity index (χ3v) is 5.42. The summed E-state index contributed by atoms with van der Waals surface area (Å²) in [5, 5.41) is 4.12. The number of rotatable bonds is 3. The van der Waals surface area contributed by atoms with Crippen LogP contribution in [-0.2, 0) is 0 Å². The molecule has 0 unspecified atom stereocenters. The standard InChI is InChI=1S/C23H25FN4O.ClH/c1-15-13-17(8-10-20(15)24)27-21-18-9-7-16(2)26-22(18)25-14-19(21)23(29)28-11-5-3-4-6-12-28;/h7-10,13-14H,3-6,11-12H2,1-2H3,(H,25,26,27);1H. The van der Waals surface area contributed by atoms with Gasteiger partial charge in [0.25, 0.3) is 5.91 Å². The van der Waals surface area contributed by atoms with Gasteiger partial charge in [-0.1, -0.05) is 12.8 Å². The quantitative estimate of drug-likeness (QED) is 0.592. The van der Waals surface area contributed by atoms with Crippen LogP contribution < -0.4 is 5.32 Å². The van der Waals surface area contributed by atoms with Crippen molar-refractivity contribution in [2.24, 2.45) is 0 Å². The van der Waals surface area contributed by atoms with Crippen molar-refractivity contribution >= 4 is 40.7 Å². The molecule has 2 aromatic heterocycles. The van der Waals surface area contributed by atoms with Crippen LogP contribution in [0.3, 0.4) is 0 Å². The van der Waals surface area contributed by atoms with Crippen molar-refractivity contribution in [2.45, 2.75) is 39.5 Å². The van der Waals surface area contributed by atoms with Crippen LogP contribution in [0, 0.1) is 19.7 Å². The van der Waals surface area contributed by atoms with E-state index in [1.54, 1.807) is 25.3 Å². The summed E-state index contributed by atoms with van der Waals surface area (Å²) in [5.74, 6) is -0.281. The molecule has 158 valence electrons. The van der Waals surface area contributed by atoms with Crippen LogP contribution in [0.1, 0.15) is 47.3 Å². The van der Waals surface area contributed by atoms with Gasteiger partial charge >= 0.3 is 0 Å². The predicted molar refractivity (Wildman–Crippen MR) is 120 cm³/mol. The zero-order chi connectivity index (χ0) is 20.4. The number of likely N-dealkylation sites (tertiary alicyclic amines) is 1. The highest BCUT2D eigenvalue weighted by molar-refractivity contribution is 6.07. The molecule has 1 N–H and O–H groups in total. The number of pyridine rings is 2. The van der Waals surface area contributed by atoms with E-state index in [0.29, 0.717) is 22.5 Å². The Morgan fingerprint density at radius 3 is 2.50 bits per heavy atom. The molecule has 1 amide bonds. The van der Waals surface area contributed by atoms with Crippen molar-refractivity contribution in [2.75, 3.05) is 18.4 Å². The number of amides is 1. The number of hydrogen-bond donors (Lipinski definition) is 1. The lowest BCUT2D eigenvalue weighted by Gasteiger charge is -2.22. The molecule has 1 saturated heterocycles. The summed E-state index contributed by atoms with van der Waals surface area (Å²) < 4.78 is 13.7. The summed E-state index contributed by atoms with van der Waals surface area (Å²) in [5.41, 5.74) is 3.90. The Bertz CT molecular complexity index is 1060. The van der Waals surface area contributed by atoms with Gasteiger partial charge in [-0.2, -0.15) is 0 Å². The molecular formula is C23H26ClFN4O. The smallest absolute Gasteiger partial charge is 0.257 e. The number of benzene rings is 1. The molecule has 0 aliphatic carbocycles. The molecule has 3 heterocycles.